The third kappa shape index (κ3) is 7.02. The van der Waals surface area contributed by atoms with Crippen molar-refractivity contribution in [2.24, 2.45) is 0 Å². The zero-order valence-electron chi connectivity index (χ0n) is 15.4. The molecule has 0 saturated heterocycles. The van der Waals surface area contributed by atoms with Crippen molar-refractivity contribution in [1.82, 2.24) is 0 Å². The number of non-ortho nitro benzene ring substituents is 1. The van der Waals surface area contributed by atoms with E-state index in [1.807, 2.05) is 24.3 Å². The summed E-state index contributed by atoms with van der Waals surface area (Å²) in [7, 11) is 0. The van der Waals surface area contributed by atoms with Crippen molar-refractivity contribution in [2.45, 2.75) is 19.3 Å². The molecule has 0 aromatic heterocycles. The van der Waals surface area contributed by atoms with Gasteiger partial charge in [-0.3, -0.25) is 14.9 Å². The van der Waals surface area contributed by atoms with Crippen LogP contribution in [0, 0.1) is 10.1 Å². The van der Waals surface area contributed by atoms with Crippen molar-refractivity contribution in [3.05, 3.63) is 64.2 Å². The van der Waals surface area contributed by atoms with Gasteiger partial charge in [0.1, 0.15) is 5.75 Å². The lowest BCUT2D eigenvalue weighted by molar-refractivity contribution is -0.384. The van der Waals surface area contributed by atoms with Crippen LogP contribution in [-0.4, -0.2) is 35.7 Å². The van der Waals surface area contributed by atoms with Gasteiger partial charge in [-0.15, -0.1) is 23.2 Å². The van der Waals surface area contributed by atoms with Gasteiger partial charge in [-0.25, -0.2) is 0 Å². The number of nitro benzene ring substituents is 1. The van der Waals surface area contributed by atoms with Crippen molar-refractivity contribution in [3.63, 3.8) is 0 Å². The number of aryl methyl sites for hydroxylation is 1. The zero-order valence-corrected chi connectivity index (χ0v) is 16.9. The maximum Gasteiger partial charge on any atom is 0.311 e. The number of nitrogens with zero attached hydrogens (tertiary/aromatic N) is 2. The molecule has 2 aromatic carbocycles. The lowest BCUT2D eigenvalue weighted by atomic mass is 10.1. The predicted molar refractivity (Wildman–Crippen MR) is 112 cm³/mol. The SMILES string of the molecule is O=C(CCCc1ccc(N(CCCl)CCCl)cc1)Oc1ccc([N+](=O)[O-])cc1. The summed E-state index contributed by atoms with van der Waals surface area (Å²) in [5.74, 6) is 1.02. The topological polar surface area (TPSA) is 72.7 Å². The number of hydrogen-bond acceptors (Lipinski definition) is 5. The number of halogens is 2. The molecule has 2 aromatic rings. The molecule has 150 valence electrons. The Kier molecular flexibility index (Phi) is 9.04. The first-order valence-electron chi connectivity index (χ1n) is 8.94. The standard InChI is InChI=1S/C20H22Cl2N2O4/c21-12-14-23(15-13-22)17-6-4-16(5-7-17)2-1-3-20(25)28-19-10-8-18(9-11-19)24(26)27/h4-11H,1-3,12-15H2. The molecular weight excluding hydrogens is 403 g/mol. The van der Waals surface area contributed by atoms with Crippen LogP contribution in [0.2, 0.25) is 0 Å². The predicted octanol–water partition coefficient (Wildman–Crippen LogP) is 4.81. The lowest BCUT2D eigenvalue weighted by Crippen LogP contribution is -2.27. The first kappa shape index (κ1) is 22.0. The highest BCUT2D eigenvalue weighted by Crippen LogP contribution is 2.19. The molecule has 0 N–H and O–H groups in total. The Bertz CT molecular complexity index is 761. The Hall–Kier alpha value is -2.31. The van der Waals surface area contributed by atoms with Gasteiger partial charge in [-0.05, 0) is 42.7 Å². The molecule has 0 aliphatic carbocycles. The quantitative estimate of drug-likeness (QED) is 0.170. The Morgan fingerprint density at radius 2 is 1.61 bits per heavy atom. The summed E-state index contributed by atoms with van der Waals surface area (Å²) in [5.41, 5.74) is 2.16. The highest BCUT2D eigenvalue weighted by Gasteiger charge is 2.09. The number of carbonyl (C=O) groups is 1. The summed E-state index contributed by atoms with van der Waals surface area (Å²) in [6.45, 7) is 1.48. The number of nitro groups is 1. The zero-order chi connectivity index (χ0) is 20.4. The van der Waals surface area contributed by atoms with E-state index in [1.54, 1.807) is 0 Å². The average molecular weight is 425 g/mol. The second kappa shape index (κ2) is 11.5. The molecule has 0 atom stereocenters. The third-order valence-corrected chi connectivity index (χ3v) is 4.47. The van der Waals surface area contributed by atoms with Gasteiger partial charge >= 0.3 is 5.97 Å². The van der Waals surface area contributed by atoms with Crippen molar-refractivity contribution >= 4 is 40.5 Å². The van der Waals surface area contributed by atoms with Gasteiger partial charge in [-0.2, -0.15) is 0 Å². The van der Waals surface area contributed by atoms with Crippen LogP contribution in [0.3, 0.4) is 0 Å². The molecule has 0 radical (unpaired) electrons. The normalized spacial score (nSPS) is 10.5. The van der Waals surface area contributed by atoms with Gasteiger partial charge in [0.15, 0.2) is 0 Å². The van der Waals surface area contributed by atoms with Crippen LogP contribution in [0.4, 0.5) is 11.4 Å². The maximum atomic E-state index is 11.9. The van der Waals surface area contributed by atoms with Crippen LogP contribution in [-0.2, 0) is 11.2 Å². The maximum absolute atomic E-state index is 11.9. The monoisotopic (exact) mass is 424 g/mol. The molecule has 6 nitrogen and oxygen atoms in total. The van der Waals surface area contributed by atoms with Gasteiger partial charge in [0.25, 0.3) is 5.69 Å². The number of rotatable bonds is 11. The van der Waals surface area contributed by atoms with E-state index in [-0.39, 0.29) is 18.1 Å². The minimum absolute atomic E-state index is 0.0427. The fourth-order valence-corrected chi connectivity index (χ4v) is 3.11. The highest BCUT2D eigenvalue weighted by atomic mass is 35.5. The van der Waals surface area contributed by atoms with Crippen LogP contribution < -0.4 is 9.64 Å². The molecule has 0 aliphatic heterocycles. The van der Waals surface area contributed by atoms with Crippen LogP contribution in [0.25, 0.3) is 0 Å². The van der Waals surface area contributed by atoms with Gasteiger partial charge < -0.3 is 9.64 Å². The van der Waals surface area contributed by atoms with Crippen LogP contribution in [0.5, 0.6) is 5.75 Å². The molecule has 0 aliphatic rings. The summed E-state index contributed by atoms with van der Waals surface area (Å²) in [5, 5.41) is 10.6. The molecule has 0 unspecified atom stereocenters. The molecule has 0 heterocycles. The minimum atomic E-state index is -0.499. The number of carbonyl (C=O) groups excluding carboxylic acids is 1. The Morgan fingerprint density at radius 1 is 1.00 bits per heavy atom. The van der Waals surface area contributed by atoms with E-state index in [9.17, 15) is 14.9 Å². The second-order valence-electron chi connectivity index (χ2n) is 6.11. The fraction of sp³-hybridized carbons (Fsp3) is 0.350. The fourth-order valence-electron chi connectivity index (χ4n) is 2.70. The van der Waals surface area contributed by atoms with Gasteiger partial charge in [0.05, 0.1) is 4.92 Å². The lowest BCUT2D eigenvalue weighted by Gasteiger charge is -2.23. The molecule has 2 rings (SSSR count). The van der Waals surface area contributed by atoms with Crippen molar-refractivity contribution in [3.8, 4) is 5.75 Å². The molecule has 28 heavy (non-hydrogen) atoms. The first-order chi connectivity index (χ1) is 13.5. The van der Waals surface area contributed by atoms with E-state index < -0.39 is 4.92 Å². The van der Waals surface area contributed by atoms with E-state index in [2.05, 4.69) is 4.90 Å². The Balaban J connectivity index is 1.79. The summed E-state index contributed by atoms with van der Waals surface area (Å²) >= 11 is 11.7. The number of anilines is 1. The van der Waals surface area contributed by atoms with Crippen LogP contribution in [0.1, 0.15) is 18.4 Å². The second-order valence-corrected chi connectivity index (χ2v) is 6.87. The van der Waals surface area contributed by atoms with Gasteiger partial charge in [-0.1, -0.05) is 12.1 Å². The molecule has 0 fully saturated rings. The summed E-state index contributed by atoms with van der Waals surface area (Å²) < 4.78 is 5.20. The number of hydrogen-bond donors (Lipinski definition) is 0. The molecule has 0 spiro atoms. The van der Waals surface area contributed by atoms with E-state index in [4.69, 9.17) is 27.9 Å². The van der Waals surface area contributed by atoms with Crippen LogP contribution >= 0.6 is 23.2 Å². The van der Waals surface area contributed by atoms with Crippen LogP contribution in [0.15, 0.2) is 48.5 Å². The number of esters is 1. The van der Waals surface area contributed by atoms with Crippen molar-refractivity contribution in [2.75, 3.05) is 29.7 Å². The highest BCUT2D eigenvalue weighted by molar-refractivity contribution is 6.18. The van der Waals surface area contributed by atoms with E-state index in [0.29, 0.717) is 23.9 Å². The molecule has 8 heteroatoms. The molecule has 0 saturated carbocycles. The summed E-state index contributed by atoms with van der Waals surface area (Å²) in [6, 6.07) is 13.6. The molecule has 0 bridgehead atoms. The van der Waals surface area contributed by atoms with Crippen molar-refractivity contribution in [1.29, 1.82) is 0 Å². The number of benzene rings is 2. The molecular formula is C20H22Cl2N2O4. The first-order valence-corrected chi connectivity index (χ1v) is 10.0. The Labute approximate surface area is 174 Å². The molecule has 0 amide bonds. The van der Waals surface area contributed by atoms with Crippen molar-refractivity contribution < 1.29 is 14.5 Å². The average Bonchev–Trinajstić information content (AvgIpc) is 2.69. The third-order valence-electron chi connectivity index (χ3n) is 4.14. The van der Waals surface area contributed by atoms with E-state index in [0.717, 1.165) is 30.8 Å². The minimum Gasteiger partial charge on any atom is -0.427 e. The number of alkyl halides is 2. The summed E-state index contributed by atoms with van der Waals surface area (Å²) in [4.78, 5) is 24.2. The number of ether oxygens (including phenoxy) is 1. The van der Waals surface area contributed by atoms with E-state index >= 15 is 0 Å². The smallest absolute Gasteiger partial charge is 0.311 e. The van der Waals surface area contributed by atoms with E-state index in [1.165, 1.54) is 24.3 Å². The largest absolute Gasteiger partial charge is 0.427 e. The Morgan fingerprint density at radius 3 is 2.14 bits per heavy atom. The van der Waals surface area contributed by atoms with Gasteiger partial charge in [0.2, 0.25) is 0 Å². The summed E-state index contributed by atoms with van der Waals surface area (Å²) in [6.07, 6.45) is 1.67. The van der Waals surface area contributed by atoms with Gasteiger partial charge in [0, 0.05) is 49.1 Å².